The maximum absolute atomic E-state index is 5.33. The molecule has 1 N–H and O–H groups in total. The normalized spacial score (nSPS) is 12.4. The van der Waals surface area contributed by atoms with Crippen LogP contribution in [0.3, 0.4) is 0 Å². The van der Waals surface area contributed by atoms with Crippen LogP contribution in [0.25, 0.3) is 0 Å². The Morgan fingerprint density at radius 2 is 2.10 bits per heavy atom. The Morgan fingerprint density at radius 1 is 1.29 bits per heavy atom. The maximum Gasteiger partial charge on any atom is 0.119 e. The molecular formula is C16H22N2O2S. The van der Waals surface area contributed by atoms with Gasteiger partial charge in [0.2, 0.25) is 0 Å². The quantitative estimate of drug-likeness (QED) is 0.798. The minimum absolute atomic E-state index is 0.0626. The smallest absolute Gasteiger partial charge is 0.119 e. The first-order valence-electron chi connectivity index (χ1n) is 6.96. The Hall–Kier alpha value is -1.43. The van der Waals surface area contributed by atoms with Crippen LogP contribution in [-0.4, -0.2) is 32.4 Å². The predicted octanol–water partition coefficient (Wildman–Crippen LogP) is 3.09. The van der Waals surface area contributed by atoms with Crippen molar-refractivity contribution in [3.63, 3.8) is 0 Å². The molecule has 21 heavy (non-hydrogen) atoms. The van der Waals surface area contributed by atoms with Gasteiger partial charge in [-0.25, -0.2) is 4.98 Å². The van der Waals surface area contributed by atoms with Crippen LogP contribution in [0.15, 0.2) is 24.3 Å². The number of ether oxygens (including phenoxy) is 2. The monoisotopic (exact) mass is 306 g/mol. The Balaban J connectivity index is 2.30. The molecule has 2 rings (SSSR count). The number of benzene rings is 1. The van der Waals surface area contributed by atoms with Crippen LogP contribution in [0.2, 0.25) is 0 Å². The molecule has 1 aromatic carbocycles. The van der Waals surface area contributed by atoms with Crippen molar-refractivity contribution in [2.75, 3.05) is 27.4 Å². The highest BCUT2D eigenvalue weighted by molar-refractivity contribution is 7.11. The van der Waals surface area contributed by atoms with E-state index in [0.29, 0.717) is 6.61 Å². The Labute approximate surface area is 130 Å². The number of nitrogens with zero attached hydrogens (tertiary/aromatic N) is 1. The summed E-state index contributed by atoms with van der Waals surface area (Å²) in [6.07, 6.45) is 0. The van der Waals surface area contributed by atoms with Crippen LogP contribution < -0.4 is 10.1 Å². The third-order valence-electron chi connectivity index (χ3n) is 3.37. The van der Waals surface area contributed by atoms with Gasteiger partial charge >= 0.3 is 0 Å². The van der Waals surface area contributed by atoms with E-state index in [1.165, 1.54) is 4.88 Å². The van der Waals surface area contributed by atoms with E-state index < -0.39 is 0 Å². The lowest BCUT2D eigenvalue weighted by Crippen LogP contribution is -2.26. The fraction of sp³-hybridized carbons (Fsp3) is 0.438. The molecule has 0 aliphatic heterocycles. The fourth-order valence-electron chi connectivity index (χ4n) is 2.10. The van der Waals surface area contributed by atoms with Crippen LogP contribution in [0, 0.1) is 13.8 Å². The molecule has 1 heterocycles. The Bertz CT molecular complexity index is 564. The molecule has 0 amide bonds. The average molecular weight is 306 g/mol. The first-order valence-corrected chi connectivity index (χ1v) is 7.77. The van der Waals surface area contributed by atoms with Gasteiger partial charge in [-0.2, -0.15) is 0 Å². The summed E-state index contributed by atoms with van der Waals surface area (Å²) >= 11 is 1.73. The van der Waals surface area contributed by atoms with Gasteiger partial charge in [-0.1, -0.05) is 12.1 Å². The summed E-state index contributed by atoms with van der Waals surface area (Å²) in [5, 5.41) is 4.59. The van der Waals surface area contributed by atoms with Gasteiger partial charge in [-0.15, -0.1) is 11.3 Å². The van der Waals surface area contributed by atoms with Crippen molar-refractivity contribution >= 4 is 11.3 Å². The fourth-order valence-corrected chi connectivity index (χ4v) is 3.12. The standard InChI is InChI=1S/C16H22N2O2S/c1-11-12(2)21-16(18-11)15(17-8-9-19-3)13-6-5-7-14(10-13)20-4/h5-7,10,15,17H,8-9H2,1-4H3. The van der Waals surface area contributed by atoms with Crippen molar-refractivity contribution in [3.05, 3.63) is 45.4 Å². The van der Waals surface area contributed by atoms with Crippen molar-refractivity contribution in [3.8, 4) is 5.75 Å². The maximum atomic E-state index is 5.33. The topological polar surface area (TPSA) is 43.4 Å². The highest BCUT2D eigenvalue weighted by atomic mass is 32.1. The lowest BCUT2D eigenvalue weighted by molar-refractivity contribution is 0.197. The Morgan fingerprint density at radius 3 is 2.71 bits per heavy atom. The van der Waals surface area contributed by atoms with Crippen LogP contribution >= 0.6 is 11.3 Å². The minimum atomic E-state index is 0.0626. The van der Waals surface area contributed by atoms with E-state index in [-0.39, 0.29) is 6.04 Å². The molecule has 1 atom stereocenters. The van der Waals surface area contributed by atoms with E-state index in [4.69, 9.17) is 14.5 Å². The number of hydrogen-bond donors (Lipinski definition) is 1. The number of nitrogens with one attached hydrogen (secondary N) is 1. The molecule has 0 bridgehead atoms. The summed E-state index contributed by atoms with van der Waals surface area (Å²) < 4.78 is 10.5. The second-order valence-corrected chi connectivity index (χ2v) is 6.09. The van der Waals surface area contributed by atoms with E-state index in [2.05, 4.69) is 24.4 Å². The summed E-state index contributed by atoms with van der Waals surface area (Å²) in [6.45, 7) is 5.60. The molecule has 1 unspecified atom stereocenters. The average Bonchev–Trinajstić information content (AvgIpc) is 2.83. The summed E-state index contributed by atoms with van der Waals surface area (Å²) in [5.41, 5.74) is 2.25. The van der Waals surface area contributed by atoms with Crippen molar-refractivity contribution in [1.82, 2.24) is 10.3 Å². The number of methoxy groups -OCH3 is 2. The predicted molar refractivity (Wildman–Crippen MR) is 86.3 cm³/mol. The molecule has 0 fully saturated rings. The molecular weight excluding hydrogens is 284 g/mol. The van der Waals surface area contributed by atoms with Crippen LogP contribution in [-0.2, 0) is 4.74 Å². The van der Waals surface area contributed by atoms with Gasteiger partial charge in [-0.05, 0) is 31.5 Å². The number of aromatic nitrogens is 1. The molecule has 0 radical (unpaired) electrons. The molecule has 0 saturated heterocycles. The number of thiazole rings is 1. The second kappa shape index (κ2) is 7.54. The lowest BCUT2D eigenvalue weighted by Gasteiger charge is -2.17. The molecule has 1 aromatic heterocycles. The summed E-state index contributed by atoms with van der Waals surface area (Å²) in [5.74, 6) is 0.857. The summed E-state index contributed by atoms with van der Waals surface area (Å²) in [4.78, 5) is 5.95. The molecule has 0 saturated carbocycles. The Kier molecular flexibility index (Phi) is 5.73. The van der Waals surface area contributed by atoms with Crippen LogP contribution in [0.4, 0.5) is 0 Å². The zero-order valence-corrected chi connectivity index (χ0v) is 13.8. The first-order chi connectivity index (χ1) is 10.2. The van der Waals surface area contributed by atoms with Crippen molar-refractivity contribution < 1.29 is 9.47 Å². The van der Waals surface area contributed by atoms with E-state index in [1.807, 2.05) is 19.1 Å². The van der Waals surface area contributed by atoms with E-state index in [1.54, 1.807) is 25.6 Å². The molecule has 0 aliphatic rings. The van der Waals surface area contributed by atoms with Crippen LogP contribution in [0.5, 0.6) is 5.75 Å². The summed E-state index contributed by atoms with van der Waals surface area (Å²) in [6, 6.07) is 8.17. The van der Waals surface area contributed by atoms with Gasteiger partial charge in [0.15, 0.2) is 0 Å². The van der Waals surface area contributed by atoms with Gasteiger partial charge in [0.05, 0.1) is 25.5 Å². The number of rotatable bonds is 7. The zero-order valence-electron chi connectivity index (χ0n) is 13.0. The van der Waals surface area contributed by atoms with E-state index in [9.17, 15) is 0 Å². The second-order valence-electron chi connectivity index (χ2n) is 4.85. The molecule has 0 aliphatic carbocycles. The molecule has 2 aromatic rings. The van der Waals surface area contributed by atoms with Crippen molar-refractivity contribution in [2.45, 2.75) is 19.9 Å². The van der Waals surface area contributed by atoms with Gasteiger partial charge in [0.1, 0.15) is 10.8 Å². The van der Waals surface area contributed by atoms with Gasteiger partial charge in [0.25, 0.3) is 0 Å². The minimum Gasteiger partial charge on any atom is -0.497 e. The first kappa shape index (κ1) is 15.9. The molecule has 4 nitrogen and oxygen atoms in total. The lowest BCUT2D eigenvalue weighted by atomic mass is 10.1. The highest BCUT2D eigenvalue weighted by Gasteiger charge is 2.18. The van der Waals surface area contributed by atoms with Gasteiger partial charge in [-0.3, -0.25) is 0 Å². The van der Waals surface area contributed by atoms with E-state index >= 15 is 0 Å². The SMILES string of the molecule is COCCNC(c1cccc(OC)c1)c1nc(C)c(C)s1. The molecule has 0 spiro atoms. The third kappa shape index (κ3) is 4.03. The molecule has 114 valence electrons. The number of aryl methyl sites for hydroxylation is 2. The third-order valence-corrected chi connectivity index (χ3v) is 4.51. The highest BCUT2D eigenvalue weighted by Crippen LogP contribution is 2.29. The van der Waals surface area contributed by atoms with Crippen molar-refractivity contribution in [2.24, 2.45) is 0 Å². The molecule has 5 heteroatoms. The zero-order chi connectivity index (χ0) is 15.2. The van der Waals surface area contributed by atoms with Gasteiger partial charge in [0, 0.05) is 18.5 Å². The summed E-state index contributed by atoms with van der Waals surface area (Å²) in [7, 11) is 3.39. The van der Waals surface area contributed by atoms with Crippen molar-refractivity contribution in [1.29, 1.82) is 0 Å². The number of hydrogen-bond acceptors (Lipinski definition) is 5. The largest absolute Gasteiger partial charge is 0.497 e. The van der Waals surface area contributed by atoms with Gasteiger partial charge < -0.3 is 14.8 Å². The van der Waals surface area contributed by atoms with Crippen LogP contribution in [0.1, 0.15) is 27.2 Å². The van der Waals surface area contributed by atoms with E-state index in [0.717, 1.165) is 28.6 Å².